The Kier molecular flexibility index (Phi) is 3.62. The lowest BCUT2D eigenvalue weighted by molar-refractivity contribution is -0.147. The lowest BCUT2D eigenvalue weighted by Gasteiger charge is -2.18. The van der Waals surface area contributed by atoms with Crippen molar-refractivity contribution in [2.75, 3.05) is 0 Å². The zero-order valence-electron chi connectivity index (χ0n) is 7.57. The van der Waals surface area contributed by atoms with Crippen LogP contribution in [0.3, 0.4) is 0 Å². The van der Waals surface area contributed by atoms with Crippen LogP contribution in [0.1, 0.15) is 20.3 Å². The first-order valence-electron chi connectivity index (χ1n) is 3.68. The molecule has 0 saturated heterocycles. The molecular formula is C8H13NO4. The summed E-state index contributed by atoms with van der Waals surface area (Å²) in [5.41, 5.74) is 4.26. The van der Waals surface area contributed by atoms with Crippen molar-refractivity contribution >= 4 is 11.9 Å². The van der Waals surface area contributed by atoms with Crippen LogP contribution in [0.15, 0.2) is 11.6 Å². The molecule has 4 N–H and O–H groups in total. The molecular weight excluding hydrogens is 174 g/mol. The van der Waals surface area contributed by atoms with Crippen LogP contribution in [0, 0.1) is 0 Å². The van der Waals surface area contributed by atoms with E-state index >= 15 is 0 Å². The second kappa shape index (κ2) is 4.04. The number of carbonyl (C=O) groups is 2. The smallest absolute Gasteiger partial charge is 0.328 e. The highest BCUT2D eigenvalue weighted by Gasteiger charge is 2.34. The number of allylic oxidation sites excluding steroid dienone is 1. The zero-order chi connectivity index (χ0) is 10.6. The van der Waals surface area contributed by atoms with E-state index < -0.39 is 23.9 Å². The highest BCUT2D eigenvalue weighted by Crippen LogP contribution is 2.12. The summed E-state index contributed by atoms with van der Waals surface area (Å²) in [7, 11) is 0. The van der Waals surface area contributed by atoms with Gasteiger partial charge in [-0.3, -0.25) is 4.79 Å². The van der Waals surface area contributed by atoms with Gasteiger partial charge >= 0.3 is 11.9 Å². The number of rotatable bonds is 4. The molecule has 1 atom stereocenters. The van der Waals surface area contributed by atoms with Gasteiger partial charge in [-0.05, 0) is 13.8 Å². The molecule has 0 aliphatic heterocycles. The summed E-state index contributed by atoms with van der Waals surface area (Å²) in [6.45, 7) is 3.32. The number of nitrogens with two attached hydrogens (primary N) is 1. The average Bonchev–Trinajstić information content (AvgIpc) is 1.82. The van der Waals surface area contributed by atoms with E-state index in [2.05, 4.69) is 0 Å². The number of carboxylic acid groups (broad SMARTS) is 2. The highest BCUT2D eigenvalue weighted by atomic mass is 16.4. The normalized spacial score (nSPS) is 14.4. The molecule has 0 aliphatic rings. The maximum atomic E-state index is 10.7. The number of hydrogen-bond donors (Lipinski definition) is 3. The maximum Gasteiger partial charge on any atom is 0.328 e. The quantitative estimate of drug-likeness (QED) is 0.546. The third-order valence-corrected chi connectivity index (χ3v) is 1.39. The molecule has 0 aliphatic carbocycles. The van der Waals surface area contributed by atoms with Gasteiger partial charge in [-0.1, -0.05) is 11.6 Å². The molecule has 0 heterocycles. The van der Waals surface area contributed by atoms with E-state index in [9.17, 15) is 9.59 Å². The van der Waals surface area contributed by atoms with E-state index in [1.807, 2.05) is 0 Å². The standard InChI is InChI=1S/C8H13NO4/c1-5(2)3-8(9,7(12)13)4-6(10)11/h3H,4,9H2,1-2H3,(H,10,11)(H,12,13). The topological polar surface area (TPSA) is 101 Å². The second-order valence-electron chi connectivity index (χ2n) is 3.14. The minimum Gasteiger partial charge on any atom is -0.481 e. The van der Waals surface area contributed by atoms with Gasteiger partial charge in [0.25, 0.3) is 0 Å². The van der Waals surface area contributed by atoms with E-state index in [1.165, 1.54) is 6.08 Å². The van der Waals surface area contributed by atoms with E-state index in [0.29, 0.717) is 5.57 Å². The predicted molar refractivity (Wildman–Crippen MR) is 46.2 cm³/mol. The summed E-state index contributed by atoms with van der Waals surface area (Å²) in [4.78, 5) is 21.0. The Hall–Kier alpha value is -1.36. The zero-order valence-corrected chi connectivity index (χ0v) is 7.57. The fourth-order valence-electron chi connectivity index (χ4n) is 0.954. The molecule has 0 spiro atoms. The fraction of sp³-hybridized carbons (Fsp3) is 0.500. The van der Waals surface area contributed by atoms with Crippen LogP contribution >= 0.6 is 0 Å². The minimum atomic E-state index is -1.80. The van der Waals surface area contributed by atoms with Crippen molar-refractivity contribution in [1.82, 2.24) is 0 Å². The van der Waals surface area contributed by atoms with Gasteiger partial charge in [-0.2, -0.15) is 0 Å². The van der Waals surface area contributed by atoms with Crippen molar-refractivity contribution in [2.24, 2.45) is 5.73 Å². The van der Waals surface area contributed by atoms with Gasteiger partial charge in [0.15, 0.2) is 0 Å². The Labute approximate surface area is 75.9 Å². The third-order valence-electron chi connectivity index (χ3n) is 1.39. The van der Waals surface area contributed by atoms with E-state index in [4.69, 9.17) is 15.9 Å². The van der Waals surface area contributed by atoms with Gasteiger partial charge in [0.2, 0.25) is 0 Å². The van der Waals surface area contributed by atoms with Crippen molar-refractivity contribution in [3.63, 3.8) is 0 Å². The largest absolute Gasteiger partial charge is 0.481 e. The highest BCUT2D eigenvalue weighted by molar-refractivity contribution is 5.87. The van der Waals surface area contributed by atoms with Crippen LogP contribution in [-0.4, -0.2) is 27.7 Å². The Morgan fingerprint density at radius 3 is 2.08 bits per heavy atom. The molecule has 0 saturated carbocycles. The van der Waals surface area contributed by atoms with Crippen LogP contribution in [-0.2, 0) is 9.59 Å². The van der Waals surface area contributed by atoms with Crippen LogP contribution in [0.2, 0.25) is 0 Å². The third kappa shape index (κ3) is 3.71. The van der Waals surface area contributed by atoms with E-state index in [-0.39, 0.29) is 0 Å². The molecule has 0 aromatic rings. The lowest BCUT2D eigenvalue weighted by atomic mass is 9.94. The van der Waals surface area contributed by atoms with Crippen LogP contribution in [0.5, 0.6) is 0 Å². The maximum absolute atomic E-state index is 10.7. The van der Waals surface area contributed by atoms with Crippen molar-refractivity contribution in [1.29, 1.82) is 0 Å². The van der Waals surface area contributed by atoms with Crippen LogP contribution in [0.25, 0.3) is 0 Å². The Balaban J connectivity index is 4.84. The van der Waals surface area contributed by atoms with Crippen molar-refractivity contribution in [3.05, 3.63) is 11.6 Å². The summed E-state index contributed by atoms with van der Waals surface area (Å²) in [5.74, 6) is -2.57. The molecule has 0 aromatic heterocycles. The van der Waals surface area contributed by atoms with Gasteiger partial charge < -0.3 is 15.9 Å². The summed E-state index contributed by atoms with van der Waals surface area (Å²) in [6, 6.07) is 0. The molecule has 1 unspecified atom stereocenters. The van der Waals surface area contributed by atoms with Crippen LogP contribution < -0.4 is 5.73 Å². The summed E-state index contributed by atoms with van der Waals surface area (Å²) < 4.78 is 0. The average molecular weight is 187 g/mol. The molecule has 0 aromatic carbocycles. The minimum absolute atomic E-state index is 0.618. The molecule has 74 valence electrons. The SMILES string of the molecule is CC(C)=CC(N)(CC(=O)O)C(=O)O. The monoisotopic (exact) mass is 187 g/mol. The first kappa shape index (κ1) is 11.6. The summed E-state index contributed by atoms with van der Waals surface area (Å²) in [6.07, 6.45) is 0.622. The summed E-state index contributed by atoms with van der Waals surface area (Å²) >= 11 is 0. The molecule has 13 heavy (non-hydrogen) atoms. The van der Waals surface area contributed by atoms with Gasteiger partial charge in [0.1, 0.15) is 5.54 Å². The fourth-order valence-corrected chi connectivity index (χ4v) is 0.954. The van der Waals surface area contributed by atoms with Gasteiger partial charge in [0, 0.05) is 0 Å². The molecule has 0 rings (SSSR count). The summed E-state index contributed by atoms with van der Waals surface area (Å²) in [5, 5.41) is 17.1. The molecule has 0 fully saturated rings. The van der Waals surface area contributed by atoms with Crippen molar-refractivity contribution in [2.45, 2.75) is 25.8 Å². The molecule has 0 bridgehead atoms. The Morgan fingerprint density at radius 1 is 1.38 bits per heavy atom. The molecule has 5 heteroatoms. The number of hydrogen-bond acceptors (Lipinski definition) is 3. The first-order valence-corrected chi connectivity index (χ1v) is 3.68. The van der Waals surface area contributed by atoms with Gasteiger partial charge in [-0.25, -0.2) is 4.79 Å². The Morgan fingerprint density at radius 2 is 1.85 bits per heavy atom. The molecule has 0 amide bonds. The number of carboxylic acids is 2. The molecule has 0 radical (unpaired) electrons. The van der Waals surface area contributed by atoms with E-state index in [0.717, 1.165) is 0 Å². The second-order valence-corrected chi connectivity index (χ2v) is 3.14. The predicted octanol–water partition coefficient (Wildman–Crippen LogP) is 0.209. The van der Waals surface area contributed by atoms with Crippen LogP contribution in [0.4, 0.5) is 0 Å². The van der Waals surface area contributed by atoms with Crippen molar-refractivity contribution in [3.8, 4) is 0 Å². The first-order chi connectivity index (χ1) is 5.78. The Bertz CT molecular complexity index is 255. The molecule has 5 nitrogen and oxygen atoms in total. The van der Waals surface area contributed by atoms with Gasteiger partial charge in [-0.15, -0.1) is 0 Å². The number of aliphatic carboxylic acids is 2. The lowest BCUT2D eigenvalue weighted by Crippen LogP contribution is -2.48. The van der Waals surface area contributed by atoms with E-state index in [1.54, 1.807) is 13.8 Å². The van der Waals surface area contributed by atoms with Gasteiger partial charge in [0.05, 0.1) is 6.42 Å². The van der Waals surface area contributed by atoms with Crippen molar-refractivity contribution < 1.29 is 19.8 Å².